The predicted octanol–water partition coefficient (Wildman–Crippen LogP) is 3.56. The molecule has 0 spiro atoms. The lowest BCUT2D eigenvalue weighted by atomic mass is 9.98. The van der Waals surface area contributed by atoms with Crippen molar-refractivity contribution in [3.8, 4) is 0 Å². The molecule has 2 amide bonds. The van der Waals surface area contributed by atoms with Crippen LogP contribution < -0.4 is 5.32 Å². The fraction of sp³-hybridized carbons (Fsp3) is 0.556. The van der Waals surface area contributed by atoms with E-state index in [1.54, 1.807) is 17.8 Å². The number of halogens is 1. The molecular weight excluding hydrogens is 388 g/mol. The molecule has 1 aliphatic rings. The second-order valence-corrected chi connectivity index (χ2v) is 8.14. The van der Waals surface area contributed by atoms with Crippen molar-refractivity contribution in [3.63, 3.8) is 0 Å². The fourth-order valence-electron chi connectivity index (χ4n) is 2.82. The van der Waals surface area contributed by atoms with E-state index in [0.29, 0.717) is 17.9 Å². The minimum absolute atomic E-state index is 0.0522. The highest BCUT2D eigenvalue weighted by Crippen LogP contribution is 2.19. The van der Waals surface area contributed by atoms with E-state index in [2.05, 4.69) is 28.2 Å². The summed E-state index contributed by atoms with van der Waals surface area (Å²) in [6, 6.07) is 6.83. The van der Waals surface area contributed by atoms with Crippen molar-refractivity contribution in [1.82, 2.24) is 10.2 Å². The molecule has 0 radical (unpaired) electrons. The van der Waals surface area contributed by atoms with Crippen LogP contribution >= 0.6 is 27.7 Å². The summed E-state index contributed by atoms with van der Waals surface area (Å²) in [5, 5.41) is 2.94. The molecule has 1 fully saturated rings. The largest absolute Gasteiger partial charge is 0.341 e. The van der Waals surface area contributed by atoms with Crippen LogP contribution in [0.3, 0.4) is 0 Å². The molecule has 1 aromatic carbocycles. The molecule has 1 atom stereocenters. The monoisotopic (exact) mass is 412 g/mol. The third kappa shape index (κ3) is 5.24. The first-order chi connectivity index (χ1) is 11.5. The topological polar surface area (TPSA) is 49.4 Å². The Kier molecular flexibility index (Phi) is 7.62. The van der Waals surface area contributed by atoms with Gasteiger partial charge in [-0.05, 0) is 65.3 Å². The molecule has 1 heterocycles. The fourth-order valence-corrected chi connectivity index (χ4v) is 3.76. The van der Waals surface area contributed by atoms with E-state index in [9.17, 15) is 9.59 Å². The quantitative estimate of drug-likeness (QED) is 0.776. The zero-order valence-corrected chi connectivity index (χ0v) is 16.7. The second kappa shape index (κ2) is 9.47. The average Bonchev–Trinajstić information content (AvgIpc) is 2.59. The van der Waals surface area contributed by atoms with Gasteiger partial charge in [0.2, 0.25) is 5.91 Å². The zero-order chi connectivity index (χ0) is 17.5. The van der Waals surface area contributed by atoms with Gasteiger partial charge in [-0.3, -0.25) is 9.59 Å². The van der Waals surface area contributed by atoms with Crippen LogP contribution in [0.25, 0.3) is 0 Å². The summed E-state index contributed by atoms with van der Waals surface area (Å²) in [6.07, 6.45) is 4.75. The number of nitrogens with one attached hydrogen (secondary N) is 1. The van der Waals surface area contributed by atoms with E-state index >= 15 is 0 Å². The molecule has 0 saturated carbocycles. The van der Waals surface area contributed by atoms with Crippen molar-refractivity contribution in [2.45, 2.75) is 32.2 Å². The Balaban J connectivity index is 2.06. The third-order valence-corrected chi connectivity index (χ3v) is 5.76. The van der Waals surface area contributed by atoms with Crippen LogP contribution in [0.15, 0.2) is 28.7 Å². The predicted molar refractivity (Wildman–Crippen MR) is 103 cm³/mol. The molecule has 0 bridgehead atoms. The number of nitrogens with zero attached hydrogens (tertiary/aromatic N) is 1. The van der Waals surface area contributed by atoms with Crippen molar-refractivity contribution < 1.29 is 9.59 Å². The molecule has 1 N–H and O–H groups in total. The number of carbonyl (C=O) groups is 2. The molecule has 0 unspecified atom stereocenters. The standard InChI is InChI=1S/C18H25BrN2O2S/c1-13-7-10-21(11-8-13)18(23)16(9-12-24-2)20-17(22)14-5-3-4-6-15(14)19/h3-6,13,16H,7-12H2,1-2H3,(H,20,22)/t16-/m1/s1. The Morgan fingerprint density at radius 1 is 1.33 bits per heavy atom. The third-order valence-electron chi connectivity index (χ3n) is 4.43. The Labute approximate surface area is 156 Å². The first-order valence-electron chi connectivity index (χ1n) is 8.36. The number of piperidine rings is 1. The van der Waals surface area contributed by atoms with Crippen LogP contribution in [0.2, 0.25) is 0 Å². The molecule has 132 valence electrons. The van der Waals surface area contributed by atoms with Gasteiger partial charge in [-0.25, -0.2) is 0 Å². The molecule has 0 aromatic heterocycles. The van der Waals surface area contributed by atoms with E-state index in [1.807, 2.05) is 29.4 Å². The highest BCUT2D eigenvalue weighted by atomic mass is 79.9. The number of thioether (sulfide) groups is 1. The van der Waals surface area contributed by atoms with Gasteiger partial charge in [-0.1, -0.05) is 19.1 Å². The molecule has 1 aromatic rings. The molecule has 4 nitrogen and oxygen atoms in total. The molecule has 2 rings (SSSR count). The van der Waals surface area contributed by atoms with Gasteiger partial charge in [-0.15, -0.1) is 0 Å². The molecule has 1 saturated heterocycles. The van der Waals surface area contributed by atoms with Crippen LogP contribution in [0.1, 0.15) is 36.5 Å². The van der Waals surface area contributed by atoms with Crippen molar-refractivity contribution in [3.05, 3.63) is 34.3 Å². The normalized spacial score (nSPS) is 16.7. The molecular formula is C18H25BrN2O2S. The number of hydrogen-bond donors (Lipinski definition) is 1. The molecule has 6 heteroatoms. The number of carbonyl (C=O) groups excluding carboxylic acids is 2. The highest BCUT2D eigenvalue weighted by molar-refractivity contribution is 9.10. The number of hydrogen-bond acceptors (Lipinski definition) is 3. The van der Waals surface area contributed by atoms with Gasteiger partial charge < -0.3 is 10.2 Å². The summed E-state index contributed by atoms with van der Waals surface area (Å²) < 4.78 is 0.741. The van der Waals surface area contributed by atoms with E-state index in [4.69, 9.17) is 0 Å². The molecule has 24 heavy (non-hydrogen) atoms. The number of rotatable bonds is 6. The lowest BCUT2D eigenvalue weighted by Crippen LogP contribution is -2.50. The smallest absolute Gasteiger partial charge is 0.253 e. The maximum atomic E-state index is 12.9. The SMILES string of the molecule is CSCC[C@@H](NC(=O)c1ccccc1Br)C(=O)N1CCC(C)CC1. The minimum Gasteiger partial charge on any atom is -0.341 e. The Morgan fingerprint density at radius 3 is 2.62 bits per heavy atom. The summed E-state index contributed by atoms with van der Waals surface area (Å²) in [4.78, 5) is 27.3. The van der Waals surface area contributed by atoms with Crippen LogP contribution in [-0.2, 0) is 4.79 Å². The summed E-state index contributed by atoms with van der Waals surface area (Å²) in [5.74, 6) is 1.37. The van der Waals surface area contributed by atoms with Crippen LogP contribution in [0.4, 0.5) is 0 Å². The van der Waals surface area contributed by atoms with Crippen molar-refractivity contribution in [1.29, 1.82) is 0 Å². The van der Waals surface area contributed by atoms with Gasteiger partial charge in [0.15, 0.2) is 0 Å². The van der Waals surface area contributed by atoms with E-state index in [1.165, 1.54) is 0 Å². The molecule has 1 aliphatic heterocycles. The van der Waals surface area contributed by atoms with Gasteiger partial charge in [-0.2, -0.15) is 11.8 Å². The van der Waals surface area contributed by atoms with Crippen molar-refractivity contribution >= 4 is 39.5 Å². The van der Waals surface area contributed by atoms with Gasteiger partial charge in [0.25, 0.3) is 5.91 Å². The molecule has 0 aliphatic carbocycles. The zero-order valence-electron chi connectivity index (χ0n) is 14.3. The van der Waals surface area contributed by atoms with Gasteiger partial charge in [0.1, 0.15) is 6.04 Å². The van der Waals surface area contributed by atoms with Gasteiger partial charge in [0.05, 0.1) is 5.56 Å². The van der Waals surface area contributed by atoms with Crippen LogP contribution in [0, 0.1) is 5.92 Å². The average molecular weight is 413 g/mol. The second-order valence-electron chi connectivity index (χ2n) is 6.30. The van der Waals surface area contributed by atoms with Crippen molar-refractivity contribution in [2.75, 3.05) is 25.1 Å². The minimum atomic E-state index is -0.453. The lowest BCUT2D eigenvalue weighted by Gasteiger charge is -2.33. The Hall–Kier alpha value is -1.01. The van der Waals surface area contributed by atoms with Crippen molar-refractivity contribution in [2.24, 2.45) is 5.92 Å². The van der Waals surface area contributed by atoms with E-state index in [0.717, 1.165) is 36.2 Å². The maximum Gasteiger partial charge on any atom is 0.253 e. The first-order valence-corrected chi connectivity index (χ1v) is 10.5. The Bertz CT molecular complexity index is 574. The summed E-state index contributed by atoms with van der Waals surface area (Å²) in [7, 11) is 0. The van der Waals surface area contributed by atoms with E-state index in [-0.39, 0.29) is 11.8 Å². The van der Waals surface area contributed by atoms with E-state index < -0.39 is 6.04 Å². The summed E-state index contributed by atoms with van der Waals surface area (Å²) in [6.45, 7) is 3.81. The number of likely N-dealkylation sites (tertiary alicyclic amines) is 1. The highest BCUT2D eigenvalue weighted by Gasteiger charge is 2.28. The Morgan fingerprint density at radius 2 is 2.00 bits per heavy atom. The summed E-state index contributed by atoms with van der Waals surface area (Å²) in [5.41, 5.74) is 0.562. The summed E-state index contributed by atoms with van der Waals surface area (Å²) >= 11 is 5.09. The number of benzene rings is 1. The van der Waals surface area contributed by atoms with Gasteiger partial charge >= 0.3 is 0 Å². The first kappa shape index (κ1) is 19.3. The van der Waals surface area contributed by atoms with Crippen LogP contribution in [-0.4, -0.2) is 47.9 Å². The van der Waals surface area contributed by atoms with Crippen LogP contribution in [0.5, 0.6) is 0 Å². The lowest BCUT2D eigenvalue weighted by molar-refractivity contribution is -0.134. The number of amides is 2. The maximum absolute atomic E-state index is 12.9. The van der Waals surface area contributed by atoms with Gasteiger partial charge in [0, 0.05) is 17.6 Å².